The smallest absolute Gasteiger partial charge is 0.291 e. The van der Waals surface area contributed by atoms with Crippen LogP contribution in [0.3, 0.4) is 0 Å². The van der Waals surface area contributed by atoms with Gasteiger partial charge in [-0.1, -0.05) is 49.2 Å². The van der Waals surface area contributed by atoms with E-state index in [1.54, 1.807) is 24.4 Å². The van der Waals surface area contributed by atoms with Crippen molar-refractivity contribution >= 4 is 27.7 Å². The summed E-state index contributed by atoms with van der Waals surface area (Å²) >= 11 is 0. The molecule has 1 fully saturated rings. The first-order valence-corrected chi connectivity index (χ1v) is 11.1. The average molecular weight is 432 g/mol. The van der Waals surface area contributed by atoms with E-state index in [-0.39, 0.29) is 30.4 Å². The Hall–Kier alpha value is -3.48. The fourth-order valence-electron chi connectivity index (χ4n) is 4.62. The molecule has 1 aliphatic heterocycles. The minimum Gasteiger partial charge on any atom is -0.341 e. The lowest BCUT2D eigenvalue weighted by Crippen LogP contribution is -2.38. The molecule has 7 heteroatoms. The number of carbonyl (C=O) groups is 1. The van der Waals surface area contributed by atoms with Crippen LogP contribution in [0.15, 0.2) is 59.5 Å². The number of likely N-dealkylation sites (tertiary alicyclic amines) is 1. The number of halogens is 1. The van der Waals surface area contributed by atoms with Gasteiger partial charge in [-0.05, 0) is 25.0 Å². The van der Waals surface area contributed by atoms with Crippen molar-refractivity contribution in [2.75, 3.05) is 13.1 Å². The van der Waals surface area contributed by atoms with Gasteiger partial charge < -0.3 is 9.47 Å². The van der Waals surface area contributed by atoms with Crippen LogP contribution in [0.4, 0.5) is 4.39 Å². The number of fused-ring (bicyclic) bond motifs is 3. The van der Waals surface area contributed by atoms with Gasteiger partial charge in [-0.3, -0.25) is 9.59 Å². The molecule has 3 heterocycles. The molecule has 0 bridgehead atoms. The van der Waals surface area contributed by atoms with Crippen LogP contribution in [0.2, 0.25) is 0 Å². The van der Waals surface area contributed by atoms with Crippen LogP contribution in [0, 0.1) is 5.82 Å². The van der Waals surface area contributed by atoms with Gasteiger partial charge in [0.2, 0.25) is 5.91 Å². The SMILES string of the molecule is O=C(Cn1ncc2c3ccccc3n(Cc3ccccc3F)c2c1=O)N1CCCCCC1. The Labute approximate surface area is 184 Å². The minimum absolute atomic E-state index is 0.0855. The van der Waals surface area contributed by atoms with Gasteiger partial charge in [0, 0.05) is 34.9 Å². The predicted molar refractivity (Wildman–Crippen MR) is 122 cm³/mol. The topological polar surface area (TPSA) is 60.1 Å². The lowest BCUT2D eigenvalue weighted by Gasteiger charge is -2.20. The molecule has 2 aromatic carbocycles. The molecule has 1 amide bonds. The van der Waals surface area contributed by atoms with Crippen molar-refractivity contribution in [2.45, 2.75) is 38.8 Å². The number of para-hydroxylation sites is 1. The summed E-state index contributed by atoms with van der Waals surface area (Å²) in [6.45, 7) is 1.58. The van der Waals surface area contributed by atoms with Crippen molar-refractivity contribution in [1.82, 2.24) is 19.2 Å². The number of hydrogen-bond acceptors (Lipinski definition) is 3. The fraction of sp³-hybridized carbons (Fsp3) is 0.320. The third kappa shape index (κ3) is 3.68. The van der Waals surface area contributed by atoms with Crippen molar-refractivity contribution in [3.8, 4) is 0 Å². The molecule has 0 N–H and O–H groups in total. The van der Waals surface area contributed by atoms with Crippen molar-refractivity contribution in [2.24, 2.45) is 0 Å². The van der Waals surface area contributed by atoms with Crippen molar-refractivity contribution in [3.63, 3.8) is 0 Å². The van der Waals surface area contributed by atoms with E-state index in [0.717, 1.165) is 49.7 Å². The molecule has 1 aliphatic rings. The Bertz CT molecular complexity index is 1350. The zero-order chi connectivity index (χ0) is 22.1. The molecule has 32 heavy (non-hydrogen) atoms. The van der Waals surface area contributed by atoms with Crippen LogP contribution in [0.25, 0.3) is 21.8 Å². The van der Waals surface area contributed by atoms with Crippen molar-refractivity contribution < 1.29 is 9.18 Å². The van der Waals surface area contributed by atoms with Crippen LogP contribution < -0.4 is 5.56 Å². The highest BCUT2D eigenvalue weighted by molar-refractivity contribution is 6.07. The van der Waals surface area contributed by atoms with Gasteiger partial charge >= 0.3 is 0 Å². The molecule has 0 saturated carbocycles. The lowest BCUT2D eigenvalue weighted by molar-refractivity contribution is -0.132. The minimum atomic E-state index is -0.335. The lowest BCUT2D eigenvalue weighted by atomic mass is 10.2. The second-order valence-electron chi connectivity index (χ2n) is 8.36. The Morgan fingerprint density at radius 2 is 1.66 bits per heavy atom. The van der Waals surface area contributed by atoms with Gasteiger partial charge in [0.1, 0.15) is 17.9 Å². The van der Waals surface area contributed by atoms with E-state index in [2.05, 4.69) is 5.10 Å². The third-order valence-electron chi connectivity index (χ3n) is 6.30. The fourth-order valence-corrected chi connectivity index (χ4v) is 4.62. The summed E-state index contributed by atoms with van der Waals surface area (Å²) in [5, 5.41) is 5.91. The summed E-state index contributed by atoms with van der Waals surface area (Å²) < 4.78 is 17.5. The Morgan fingerprint density at radius 1 is 0.938 bits per heavy atom. The highest BCUT2D eigenvalue weighted by Crippen LogP contribution is 2.27. The van der Waals surface area contributed by atoms with Crippen molar-refractivity contribution in [3.05, 3.63) is 76.5 Å². The van der Waals surface area contributed by atoms with Gasteiger partial charge in [0.15, 0.2) is 0 Å². The third-order valence-corrected chi connectivity index (χ3v) is 6.30. The molecule has 4 aromatic rings. The summed E-state index contributed by atoms with van der Waals surface area (Å²) in [7, 11) is 0. The molecule has 0 spiro atoms. The standard InChI is InChI=1S/C25H25FN4O2/c26-21-11-5-3-9-18(21)16-29-22-12-6-4-10-19(22)20-15-27-30(25(32)24(20)29)17-23(31)28-13-7-1-2-8-14-28/h3-6,9-12,15H,1-2,7-8,13-14,16-17H2. The first-order chi connectivity index (χ1) is 15.6. The summed E-state index contributed by atoms with van der Waals surface area (Å²) in [4.78, 5) is 28.2. The summed E-state index contributed by atoms with van der Waals surface area (Å²) in [6.07, 6.45) is 5.88. The Balaban J connectivity index is 1.59. The normalized spacial score (nSPS) is 14.7. The Kier molecular flexibility index (Phi) is 5.47. The Morgan fingerprint density at radius 3 is 2.44 bits per heavy atom. The molecule has 164 valence electrons. The maximum atomic E-state index is 14.4. The number of rotatable bonds is 4. The molecule has 0 aliphatic carbocycles. The second kappa shape index (κ2) is 8.57. The number of aromatic nitrogens is 3. The monoisotopic (exact) mass is 432 g/mol. The van der Waals surface area contributed by atoms with E-state index in [1.807, 2.05) is 33.7 Å². The summed E-state index contributed by atoms with van der Waals surface area (Å²) in [6, 6.07) is 14.2. The molecule has 5 rings (SSSR count). The number of amides is 1. The molecular weight excluding hydrogens is 407 g/mol. The largest absolute Gasteiger partial charge is 0.341 e. The van der Waals surface area contributed by atoms with E-state index < -0.39 is 0 Å². The van der Waals surface area contributed by atoms with Crippen LogP contribution in [0.1, 0.15) is 31.2 Å². The van der Waals surface area contributed by atoms with E-state index in [9.17, 15) is 14.0 Å². The van der Waals surface area contributed by atoms with Crippen molar-refractivity contribution in [1.29, 1.82) is 0 Å². The van der Waals surface area contributed by atoms with E-state index in [1.165, 1.54) is 10.7 Å². The molecule has 0 unspecified atom stereocenters. The first kappa shape index (κ1) is 20.4. The van der Waals surface area contributed by atoms with E-state index in [0.29, 0.717) is 16.5 Å². The average Bonchev–Trinajstić information content (AvgIpc) is 2.95. The number of benzene rings is 2. The van der Waals surface area contributed by atoms with Crippen LogP contribution in [0.5, 0.6) is 0 Å². The predicted octanol–water partition coefficient (Wildman–Crippen LogP) is 3.94. The molecular formula is C25H25FN4O2. The highest BCUT2D eigenvalue weighted by atomic mass is 19.1. The van der Waals surface area contributed by atoms with Gasteiger partial charge in [0.25, 0.3) is 5.56 Å². The zero-order valence-electron chi connectivity index (χ0n) is 17.8. The van der Waals surface area contributed by atoms with E-state index >= 15 is 0 Å². The first-order valence-electron chi connectivity index (χ1n) is 11.1. The van der Waals surface area contributed by atoms with Gasteiger partial charge in [-0.15, -0.1) is 0 Å². The number of carbonyl (C=O) groups excluding carboxylic acids is 1. The van der Waals surface area contributed by atoms with Crippen LogP contribution >= 0.6 is 0 Å². The summed E-state index contributed by atoms with van der Waals surface area (Å²) in [5.74, 6) is -0.401. The molecule has 2 aromatic heterocycles. The maximum Gasteiger partial charge on any atom is 0.291 e. The van der Waals surface area contributed by atoms with Gasteiger partial charge in [-0.25, -0.2) is 9.07 Å². The highest BCUT2D eigenvalue weighted by Gasteiger charge is 2.20. The molecule has 6 nitrogen and oxygen atoms in total. The summed E-state index contributed by atoms with van der Waals surface area (Å²) in [5.41, 5.74) is 1.44. The van der Waals surface area contributed by atoms with Crippen LogP contribution in [-0.2, 0) is 17.9 Å². The second-order valence-corrected chi connectivity index (χ2v) is 8.36. The molecule has 0 radical (unpaired) electrons. The number of hydrogen-bond donors (Lipinski definition) is 0. The quantitative estimate of drug-likeness (QED) is 0.491. The molecule has 0 atom stereocenters. The maximum absolute atomic E-state index is 14.4. The van der Waals surface area contributed by atoms with Crippen LogP contribution in [-0.4, -0.2) is 38.2 Å². The molecule has 1 saturated heterocycles. The van der Waals surface area contributed by atoms with Gasteiger partial charge in [0.05, 0.1) is 12.7 Å². The number of nitrogens with zero attached hydrogens (tertiary/aromatic N) is 4. The zero-order valence-corrected chi connectivity index (χ0v) is 17.8. The van der Waals surface area contributed by atoms with E-state index in [4.69, 9.17) is 0 Å². The van der Waals surface area contributed by atoms with Gasteiger partial charge in [-0.2, -0.15) is 5.10 Å².